The number of likely N-dealkylation sites (tertiary alicyclic amines) is 1. The number of sulfonamides is 1. The fourth-order valence-corrected chi connectivity index (χ4v) is 3.60. The van der Waals surface area contributed by atoms with Crippen molar-refractivity contribution < 1.29 is 17.6 Å². The molecule has 0 aliphatic carbocycles. The zero-order valence-corrected chi connectivity index (χ0v) is 14.2. The molecule has 1 atom stereocenters. The Labute approximate surface area is 131 Å². The van der Waals surface area contributed by atoms with Gasteiger partial charge in [0, 0.05) is 33.3 Å². The molecule has 22 heavy (non-hydrogen) atoms. The lowest BCUT2D eigenvalue weighted by Gasteiger charge is -2.21. The highest BCUT2D eigenvalue weighted by Crippen LogP contribution is 2.30. The maximum absolute atomic E-state index is 12.5. The van der Waals surface area contributed by atoms with E-state index < -0.39 is 10.0 Å². The molecule has 1 aromatic rings. The molecule has 2 N–H and O–H groups in total. The standard InChI is InChI=1S/C14H23N3O4S/c1-10-12(22(19,20)16(3)4)7-11(21-10)13(18)17-6-5-14(2,8-15)9-17/h7H,5-6,8-9,15H2,1-4H3. The summed E-state index contributed by atoms with van der Waals surface area (Å²) < 4.78 is 30.9. The lowest BCUT2D eigenvalue weighted by atomic mass is 9.90. The van der Waals surface area contributed by atoms with Crippen molar-refractivity contribution >= 4 is 15.9 Å². The van der Waals surface area contributed by atoms with Gasteiger partial charge >= 0.3 is 0 Å². The van der Waals surface area contributed by atoms with Crippen LogP contribution in [0.3, 0.4) is 0 Å². The Hall–Kier alpha value is -1.38. The van der Waals surface area contributed by atoms with Gasteiger partial charge < -0.3 is 15.1 Å². The lowest BCUT2D eigenvalue weighted by Crippen LogP contribution is -2.34. The van der Waals surface area contributed by atoms with E-state index in [1.807, 2.05) is 6.92 Å². The number of rotatable bonds is 4. The molecule has 1 saturated heterocycles. The van der Waals surface area contributed by atoms with Crippen LogP contribution < -0.4 is 5.73 Å². The highest BCUT2D eigenvalue weighted by atomic mass is 32.2. The van der Waals surface area contributed by atoms with E-state index >= 15 is 0 Å². The van der Waals surface area contributed by atoms with Crippen LogP contribution in [0.5, 0.6) is 0 Å². The van der Waals surface area contributed by atoms with Crippen molar-refractivity contribution in [2.24, 2.45) is 11.1 Å². The van der Waals surface area contributed by atoms with E-state index in [0.29, 0.717) is 19.6 Å². The lowest BCUT2D eigenvalue weighted by molar-refractivity contribution is 0.0744. The molecule has 124 valence electrons. The van der Waals surface area contributed by atoms with Gasteiger partial charge in [-0.05, 0) is 25.3 Å². The zero-order chi connectivity index (χ0) is 16.7. The molecular formula is C14H23N3O4S. The first-order chi connectivity index (χ1) is 10.1. The molecule has 2 heterocycles. The minimum Gasteiger partial charge on any atom is -0.455 e. The molecule has 1 aliphatic heterocycles. The van der Waals surface area contributed by atoms with Crippen LogP contribution in [0, 0.1) is 12.3 Å². The molecule has 7 nitrogen and oxygen atoms in total. The van der Waals surface area contributed by atoms with E-state index in [-0.39, 0.29) is 27.7 Å². The first-order valence-electron chi connectivity index (χ1n) is 7.13. The molecule has 2 rings (SSSR count). The van der Waals surface area contributed by atoms with Gasteiger partial charge in [-0.25, -0.2) is 12.7 Å². The summed E-state index contributed by atoms with van der Waals surface area (Å²) in [7, 11) is -0.741. The summed E-state index contributed by atoms with van der Waals surface area (Å²) in [6.07, 6.45) is 0.831. The number of furan rings is 1. The summed E-state index contributed by atoms with van der Waals surface area (Å²) in [6.45, 7) is 5.24. The number of carbonyl (C=O) groups is 1. The Balaban J connectivity index is 2.27. The molecule has 1 aliphatic rings. The van der Waals surface area contributed by atoms with Crippen molar-refractivity contribution in [2.75, 3.05) is 33.7 Å². The van der Waals surface area contributed by atoms with E-state index in [4.69, 9.17) is 10.2 Å². The molecule has 1 fully saturated rings. The number of hydrogen-bond acceptors (Lipinski definition) is 5. The predicted molar refractivity (Wildman–Crippen MR) is 82.0 cm³/mol. The number of aryl methyl sites for hydroxylation is 1. The smallest absolute Gasteiger partial charge is 0.289 e. The highest BCUT2D eigenvalue weighted by molar-refractivity contribution is 7.89. The Morgan fingerprint density at radius 2 is 2.14 bits per heavy atom. The maximum atomic E-state index is 12.5. The van der Waals surface area contributed by atoms with Crippen molar-refractivity contribution in [3.63, 3.8) is 0 Å². The van der Waals surface area contributed by atoms with E-state index in [9.17, 15) is 13.2 Å². The Morgan fingerprint density at radius 3 is 2.64 bits per heavy atom. The molecule has 1 unspecified atom stereocenters. The van der Waals surface area contributed by atoms with Crippen molar-refractivity contribution in [3.05, 3.63) is 17.6 Å². The molecule has 0 saturated carbocycles. The van der Waals surface area contributed by atoms with Gasteiger partial charge in [0.1, 0.15) is 10.7 Å². The highest BCUT2D eigenvalue weighted by Gasteiger charge is 2.37. The van der Waals surface area contributed by atoms with E-state index in [1.165, 1.54) is 20.2 Å². The summed E-state index contributed by atoms with van der Waals surface area (Å²) in [6, 6.07) is 1.31. The van der Waals surface area contributed by atoms with Gasteiger partial charge in [0.25, 0.3) is 5.91 Å². The molecular weight excluding hydrogens is 306 g/mol. The minimum atomic E-state index is -3.62. The summed E-state index contributed by atoms with van der Waals surface area (Å²) in [5.74, 6) is -0.0162. The first-order valence-corrected chi connectivity index (χ1v) is 8.57. The van der Waals surface area contributed by atoms with Gasteiger partial charge in [0.05, 0.1) is 0 Å². The van der Waals surface area contributed by atoms with Crippen LogP contribution in [0.1, 0.15) is 29.7 Å². The summed E-state index contributed by atoms with van der Waals surface area (Å²) in [4.78, 5) is 14.2. The third-order valence-electron chi connectivity index (χ3n) is 4.18. The summed E-state index contributed by atoms with van der Waals surface area (Å²) >= 11 is 0. The van der Waals surface area contributed by atoms with Crippen molar-refractivity contribution in [2.45, 2.75) is 25.2 Å². The number of carbonyl (C=O) groups excluding carboxylic acids is 1. The second-order valence-corrected chi connectivity index (χ2v) is 8.43. The molecule has 0 spiro atoms. The van der Waals surface area contributed by atoms with Crippen LogP contribution in [0.2, 0.25) is 0 Å². The number of hydrogen-bond donors (Lipinski definition) is 1. The normalized spacial score (nSPS) is 22.5. The van der Waals surface area contributed by atoms with Gasteiger partial charge in [-0.15, -0.1) is 0 Å². The minimum absolute atomic E-state index is 0.0293. The monoisotopic (exact) mass is 329 g/mol. The fourth-order valence-electron chi connectivity index (χ4n) is 2.54. The largest absolute Gasteiger partial charge is 0.455 e. The van der Waals surface area contributed by atoms with Gasteiger partial charge in [-0.2, -0.15) is 0 Å². The summed E-state index contributed by atoms with van der Waals surface area (Å²) in [5.41, 5.74) is 5.65. The van der Waals surface area contributed by atoms with Gasteiger partial charge in [0.2, 0.25) is 10.0 Å². The quantitative estimate of drug-likeness (QED) is 0.875. The molecule has 1 amide bonds. The van der Waals surface area contributed by atoms with Crippen LogP contribution in [0.4, 0.5) is 0 Å². The third-order valence-corrected chi connectivity index (χ3v) is 6.10. The summed E-state index contributed by atoms with van der Waals surface area (Å²) in [5, 5.41) is 0. The second kappa shape index (κ2) is 5.68. The van der Waals surface area contributed by atoms with Crippen molar-refractivity contribution in [1.82, 2.24) is 9.21 Å². The molecule has 8 heteroatoms. The average Bonchev–Trinajstić information content (AvgIpc) is 3.02. The number of nitrogens with two attached hydrogens (primary N) is 1. The van der Waals surface area contributed by atoms with Crippen LogP contribution >= 0.6 is 0 Å². The van der Waals surface area contributed by atoms with E-state index in [2.05, 4.69) is 0 Å². The number of nitrogens with zero attached hydrogens (tertiary/aromatic N) is 2. The molecule has 0 aromatic carbocycles. The maximum Gasteiger partial charge on any atom is 0.289 e. The van der Waals surface area contributed by atoms with E-state index in [0.717, 1.165) is 10.7 Å². The predicted octanol–water partition coefficient (Wildman–Crippen LogP) is 0.649. The molecule has 1 aromatic heterocycles. The Kier molecular flexibility index (Phi) is 4.38. The second-order valence-electron chi connectivity index (χ2n) is 6.31. The topological polar surface area (TPSA) is 96.8 Å². The SMILES string of the molecule is Cc1oc(C(=O)N2CCC(C)(CN)C2)cc1S(=O)(=O)N(C)C. The van der Waals surface area contributed by atoms with Gasteiger partial charge in [-0.1, -0.05) is 6.92 Å². The van der Waals surface area contributed by atoms with Gasteiger partial charge in [-0.3, -0.25) is 4.79 Å². The fraction of sp³-hybridized carbons (Fsp3) is 0.643. The Bertz CT molecular complexity index is 680. The Morgan fingerprint density at radius 1 is 1.50 bits per heavy atom. The van der Waals surface area contributed by atoms with Crippen LogP contribution in [0.15, 0.2) is 15.4 Å². The average molecular weight is 329 g/mol. The zero-order valence-electron chi connectivity index (χ0n) is 13.4. The number of amides is 1. The molecule has 0 radical (unpaired) electrons. The first kappa shape index (κ1) is 17.0. The van der Waals surface area contributed by atoms with Crippen LogP contribution in [0.25, 0.3) is 0 Å². The third kappa shape index (κ3) is 2.90. The van der Waals surface area contributed by atoms with Crippen LogP contribution in [-0.4, -0.2) is 57.3 Å². The van der Waals surface area contributed by atoms with Crippen molar-refractivity contribution in [1.29, 1.82) is 0 Å². The van der Waals surface area contributed by atoms with Gasteiger partial charge in [0.15, 0.2) is 5.76 Å². The van der Waals surface area contributed by atoms with Crippen molar-refractivity contribution in [3.8, 4) is 0 Å². The van der Waals surface area contributed by atoms with E-state index in [1.54, 1.807) is 11.8 Å². The molecule has 0 bridgehead atoms. The van der Waals surface area contributed by atoms with Crippen LogP contribution in [-0.2, 0) is 10.0 Å².